The Balaban J connectivity index is 1.71. The Kier molecular flexibility index (Phi) is 3.47. The van der Waals surface area contributed by atoms with E-state index in [9.17, 15) is 8.78 Å². The van der Waals surface area contributed by atoms with Gasteiger partial charge in [-0.15, -0.1) is 0 Å². The van der Waals surface area contributed by atoms with Crippen molar-refractivity contribution in [1.82, 2.24) is 20.3 Å². The predicted octanol–water partition coefficient (Wildman–Crippen LogP) is 4.98. The summed E-state index contributed by atoms with van der Waals surface area (Å²) < 4.78 is 34.5. The average Bonchev–Trinajstić information content (AvgIpc) is 3.18. The molecule has 0 spiro atoms. The summed E-state index contributed by atoms with van der Waals surface area (Å²) in [6.45, 7) is 4.41. The van der Waals surface area contributed by atoms with Gasteiger partial charge in [0.05, 0.1) is 10.9 Å². The van der Waals surface area contributed by atoms with Gasteiger partial charge in [0.15, 0.2) is 17.1 Å². The summed E-state index contributed by atoms with van der Waals surface area (Å²) >= 11 is 0. The highest BCUT2D eigenvalue weighted by molar-refractivity contribution is 5.89. The van der Waals surface area contributed by atoms with Crippen molar-refractivity contribution in [2.45, 2.75) is 26.7 Å². The molecular formula is C18H17F2N5O. The molecule has 4 aromatic rings. The molecule has 3 aromatic heterocycles. The number of nitrogens with zero attached hydrogens (tertiary/aromatic N) is 3. The third-order valence-corrected chi connectivity index (χ3v) is 4.29. The molecule has 0 fully saturated rings. The number of fused-ring (bicyclic) bond motifs is 2. The highest BCUT2D eigenvalue weighted by atomic mass is 19.3. The second-order valence-corrected chi connectivity index (χ2v) is 7.16. The van der Waals surface area contributed by atoms with E-state index in [2.05, 4.69) is 25.7 Å². The maximum atomic E-state index is 14.6. The van der Waals surface area contributed by atoms with Crippen LogP contribution in [0.4, 0.5) is 20.3 Å². The minimum atomic E-state index is -3.12. The van der Waals surface area contributed by atoms with Crippen LogP contribution in [0, 0.1) is 5.41 Å². The lowest BCUT2D eigenvalue weighted by atomic mass is 9.85. The smallest absolute Gasteiger partial charge is 0.298 e. The standard InChI is InChI=1S/C18H17F2N5O/c1-17(2,3)18(19,20)15-11-7-6-10(9-13(11)26-25-15)22-16-14-12(23-24-16)5-4-8-21-14/h4-9H,1-3H3,(H2,22,23,24). The lowest BCUT2D eigenvalue weighted by molar-refractivity contribution is -0.108. The molecule has 0 unspecified atom stereocenters. The normalized spacial score (nSPS) is 12.8. The second kappa shape index (κ2) is 5.48. The first-order valence-corrected chi connectivity index (χ1v) is 8.11. The van der Waals surface area contributed by atoms with Gasteiger partial charge in [-0.2, -0.15) is 13.9 Å². The molecule has 0 bridgehead atoms. The summed E-state index contributed by atoms with van der Waals surface area (Å²) in [5.41, 5.74) is 0.777. The molecule has 8 heteroatoms. The van der Waals surface area contributed by atoms with Crippen molar-refractivity contribution in [3.8, 4) is 0 Å². The first kappa shape index (κ1) is 16.4. The largest absolute Gasteiger partial charge is 0.356 e. The third-order valence-electron chi connectivity index (χ3n) is 4.29. The van der Waals surface area contributed by atoms with E-state index in [4.69, 9.17) is 4.52 Å². The molecule has 2 N–H and O–H groups in total. The second-order valence-electron chi connectivity index (χ2n) is 7.16. The third kappa shape index (κ3) is 2.49. The highest BCUT2D eigenvalue weighted by Gasteiger charge is 2.48. The molecule has 0 saturated heterocycles. The molecule has 0 atom stereocenters. The number of aromatic amines is 1. The zero-order chi connectivity index (χ0) is 18.5. The van der Waals surface area contributed by atoms with E-state index in [0.29, 0.717) is 22.4 Å². The Morgan fingerprint density at radius 2 is 1.96 bits per heavy atom. The van der Waals surface area contributed by atoms with Crippen molar-refractivity contribution < 1.29 is 13.3 Å². The van der Waals surface area contributed by atoms with Crippen molar-refractivity contribution in [1.29, 1.82) is 0 Å². The van der Waals surface area contributed by atoms with Gasteiger partial charge in [0, 0.05) is 23.4 Å². The number of aromatic nitrogens is 4. The van der Waals surface area contributed by atoms with Crippen LogP contribution in [0.15, 0.2) is 41.1 Å². The lowest BCUT2D eigenvalue weighted by Gasteiger charge is -2.28. The number of hydrogen-bond donors (Lipinski definition) is 2. The topological polar surface area (TPSA) is 79.6 Å². The van der Waals surface area contributed by atoms with Gasteiger partial charge in [-0.25, -0.2) is 0 Å². The van der Waals surface area contributed by atoms with E-state index in [1.54, 1.807) is 24.4 Å². The molecule has 0 amide bonds. The van der Waals surface area contributed by atoms with Crippen LogP contribution in [0.25, 0.3) is 22.0 Å². The van der Waals surface area contributed by atoms with Crippen LogP contribution in [-0.4, -0.2) is 20.3 Å². The van der Waals surface area contributed by atoms with Crippen LogP contribution in [0.3, 0.4) is 0 Å². The fourth-order valence-corrected chi connectivity index (χ4v) is 2.67. The Bertz CT molecular complexity index is 1090. The van der Waals surface area contributed by atoms with Crippen molar-refractivity contribution in [2.24, 2.45) is 5.41 Å². The minimum Gasteiger partial charge on any atom is -0.356 e. The molecule has 3 heterocycles. The van der Waals surface area contributed by atoms with E-state index in [0.717, 1.165) is 5.52 Å². The Labute approximate surface area is 147 Å². The van der Waals surface area contributed by atoms with E-state index in [1.807, 2.05) is 12.1 Å². The number of H-pyrrole nitrogens is 1. The summed E-state index contributed by atoms with van der Waals surface area (Å²) in [4.78, 5) is 4.27. The van der Waals surface area contributed by atoms with E-state index in [1.165, 1.54) is 20.8 Å². The van der Waals surface area contributed by atoms with Gasteiger partial charge in [-0.1, -0.05) is 25.9 Å². The molecular weight excluding hydrogens is 340 g/mol. The summed E-state index contributed by atoms with van der Waals surface area (Å²) in [7, 11) is 0. The molecule has 0 aliphatic carbocycles. The number of alkyl halides is 2. The molecule has 26 heavy (non-hydrogen) atoms. The molecule has 0 aliphatic heterocycles. The van der Waals surface area contributed by atoms with Crippen LogP contribution >= 0.6 is 0 Å². The van der Waals surface area contributed by atoms with Crippen molar-refractivity contribution in [3.63, 3.8) is 0 Å². The lowest BCUT2D eigenvalue weighted by Crippen LogP contribution is -2.31. The van der Waals surface area contributed by atoms with Crippen LogP contribution in [0.1, 0.15) is 26.5 Å². The van der Waals surface area contributed by atoms with E-state index < -0.39 is 11.3 Å². The van der Waals surface area contributed by atoms with Crippen LogP contribution < -0.4 is 5.32 Å². The van der Waals surface area contributed by atoms with Crippen LogP contribution in [0.2, 0.25) is 0 Å². The SMILES string of the molecule is CC(C)(C)C(F)(F)c1noc2cc(Nc3n[nH]c4cccnc34)ccc12. The highest BCUT2D eigenvalue weighted by Crippen LogP contribution is 2.46. The Hall–Kier alpha value is -3.03. The zero-order valence-electron chi connectivity index (χ0n) is 14.5. The monoisotopic (exact) mass is 357 g/mol. The molecule has 1 aromatic carbocycles. The maximum absolute atomic E-state index is 14.6. The number of halogens is 2. The summed E-state index contributed by atoms with van der Waals surface area (Å²) in [6, 6.07) is 8.55. The van der Waals surface area contributed by atoms with Gasteiger partial charge in [-0.05, 0) is 24.3 Å². The van der Waals surface area contributed by atoms with Gasteiger partial charge in [0.1, 0.15) is 5.52 Å². The molecule has 0 aliphatic rings. The molecule has 0 radical (unpaired) electrons. The first-order chi connectivity index (χ1) is 12.3. The van der Waals surface area contributed by atoms with Gasteiger partial charge in [0.25, 0.3) is 5.92 Å². The number of anilines is 2. The first-order valence-electron chi connectivity index (χ1n) is 8.11. The van der Waals surface area contributed by atoms with Gasteiger partial charge in [0.2, 0.25) is 0 Å². The van der Waals surface area contributed by atoms with Gasteiger partial charge < -0.3 is 9.84 Å². The van der Waals surface area contributed by atoms with E-state index in [-0.39, 0.29) is 11.3 Å². The average molecular weight is 357 g/mol. The summed E-state index contributed by atoms with van der Waals surface area (Å²) in [5.74, 6) is -2.57. The maximum Gasteiger partial charge on any atom is 0.298 e. The summed E-state index contributed by atoms with van der Waals surface area (Å²) in [6.07, 6.45) is 1.67. The minimum absolute atomic E-state index is 0.279. The van der Waals surface area contributed by atoms with Crippen molar-refractivity contribution >= 4 is 33.5 Å². The Morgan fingerprint density at radius 1 is 1.15 bits per heavy atom. The van der Waals surface area contributed by atoms with Crippen molar-refractivity contribution in [2.75, 3.05) is 5.32 Å². The number of benzene rings is 1. The van der Waals surface area contributed by atoms with E-state index >= 15 is 0 Å². The van der Waals surface area contributed by atoms with Crippen LogP contribution in [-0.2, 0) is 5.92 Å². The van der Waals surface area contributed by atoms with Crippen LogP contribution in [0.5, 0.6) is 0 Å². The molecule has 0 saturated carbocycles. The quantitative estimate of drug-likeness (QED) is 0.540. The fourth-order valence-electron chi connectivity index (χ4n) is 2.67. The number of pyridine rings is 1. The Morgan fingerprint density at radius 3 is 2.73 bits per heavy atom. The number of nitrogens with one attached hydrogen (secondary N) is 2. The molecule has 6 nitrogen and oxygen atoms in total. The zero-order valence-corrected chi connectivity index (χ0v) is 14.5. The predicted molar refractivity (Wildman–Crippen MR) is 94.5 cm³/mol. The number of rotatable bonds is 3. The molecule has 4 rings (SSSR count). The van der Waals surface area contributed by atoms with Gasteiger partial charge in [-0.3, -0.25) is 10.1 Å². The van der Waals surface area contributed by atoms with Crippen molar-refractivity contribution in [3.05, 3.63) is 42.2 Å². The molecule has 134 valence electrons. The van der Waals surface area contributed by atoms with Gasteiger partial charge >= 0.3 is 0 Å². The summed E-state index contributed by atoms with van der Waals surface area (Å²) in [5, 5.41) is 14.1. The fraction of sp³-hybridized carbons (Fsp3) is 0.278. The number of hydrogen-bond acceptors (Lipinski definition) is 5.